The number of nitrogens with one attached hydrogen (secondary N) is 1. The summed E-state index contributed by atoms with van der Waals surface area (Å²) in [6.45, 7) is 4.36. The highest BCUT2D eigenvalue weighted by Gasteiger charge is 2.19. The van der Waals surface area contributed by atoms with Crippen molar-refractivity contribution in [3.05, 3.63) is 70.4 Å². The number of nitriles is 1. The van der Waals surface area contributed by atoms with E-state index in [1.165, 1.54) is 12.1 Å². The summed E-state index contributed by atoms with van der Waals surface area (Å²) in [5.74, 6) is 0.427. The third kappa shape index (κ3) is 4.49. The second-order valence-electron chi connectivity index (χ2n) is 9.18. The van der Waals surface area contributed by atoms with Crippen LogP contribution in [0.3, 0.4) is 0 Å². The van der Waals surface area contributed by atoms with Crippen LogP contribution in [0, 0.1) is 17.2 Å². The number of H-pyrrole nitrogens is 1. The number of aromatic amines is 1. The van der Waals surface area contributed by atoms with Gasteiger partial charge in [0.2, 0.25) is 0 Å². The normalized spacial score (nSPS) is 11.9. The first kappa shape index (κ1) is 24.3. The summed E-state index contributed by atoms with van der Waals surface area (Å²) in [4.78, 5) is 17.0. The first-order valence-electron chi connectivity index (χ1n) is 11.5. The maximum absolute atomic E-state index is 13.7. The fourth-order valence-corrected chi connectivity index (χ4v) is 4.78. The highest BCUT2D eigenvalue weighted by Crippen LogP contribution is 2.37. The van der Waals surface area contributed by atoms with Gasteiger partial charge in [0.25, 0.3) is 0 Å². The van der Waals surface area contributed by atoms with Gasteiger partial charge < -0.3 is 18.5 Å². The van der Waals surface area contributed by atoms with E-state index >= 15 is 0 Å². The number of aryl methyl sites for hydroxylation is 1. The van der Waals surface area contributed by atoms with Gasteiger partial charge in [-0.05, 0) is 47.9 Å². The molecule has 2 heterocycles. The van der Waals surface area contributed by atoms with Gasteiger partial charge in [-0.2, -0.15) is 13.7 Å². The number of halogens is 1. The van der Waals surface area contributed by atoms with Gasteiger partial charge in [-0.25, -0.2) is 0 Å². The number of nitrogens with zero attached hydrogens (tertiary/aromatic N) is 2. The van der Waals surface area contributed by atoms with E-state index in [2.05, 4.69) is 15.2 Å². The molecule has 1 N–H and O–H groups in total. The lowest BCUT2D eigenvalue weighted by atomic mass is 10.0. The predicted octanol–water partition coefficient (Wildman–Crippen LogP) is 5.34. The maximum Gasteiger partial charge on any atom is 0.488 e. The van der Waals surface area contributed by atoms with E-state index in [-0.39, 0.29) is 17.1 Å². The van der Waals surface area contributed by atoms with E-state index in [4.69, 9.17) is 4.74 Å². The summed E-state index contributed by atoms with van der Waals surface area (Å²) >= 11 is 0. The fraction of sp³-hybridized carbons (Fsp3) is 0.185. The number of ether oxygens (including phenoxy) is 1. The van der Waals surface area contributed by atoms with E-state index in [9.17, 15) is 22.4 Å². The first-order valence-corrected chi connectivity index (χ1v) is 12.8. The summed E-state index contributed by atoms with van der Waals surface area (Å²) in [6, 6.07) is 16.7. The Labute approximate surface area is 211 Å². The second-order valence-corrected chi connectivity index (χ2v) is 10.1. The molecule has 10 heteroatoms. The number of hydrogen-bond donors (Lipinski definition) is 1. The molecule has 8 nitrogen and oxygen atoms in total. The molecule has 0 saturated carbocycles. The van der Waals surface area contributed by atoms with Crippen molar-refractivity contribution < 1.29 is 21.2 Å². The molecule has 0 amide bonds. The Hall–Kier alpha value is -4.36. The van der Waals surface area contributed by atoms with Crippen LogP contribution in [0.4, 0.5) is 3.89 Å². The molecule has 5 rings (SSSR count). The van der Waals surface area contributed by atoms with Crippen molar-refractivity contribution in [2.45, 2.75) is 13.8 Å². The smallest absolute Gasteiger partial charge is 0.488 e. The van der Waals surface area contributed by atoms with Crippen LogP contribution in [0.2, 0.25) is 0 Å². The molecule has 2 aromatic heterocycles. The molecular formula is C27H22FN3O5S. The molecule has 0 spiro atoms. The number of benzene rings is 3. The van der Waals surface area contributed by atoms with Gasteiger partial charge >= 0.3 is 10.5 Å². The molecule has 0 aliphatic carbocycles. The van der Waals surface area contributed by atoms with E-state index in [1.54, 1.807) is 42.5 Å². The zero-order chi connectivity index (χ0) is 26.5. The molecule has 37 heavy (non-hydrogen) atoms. The third-order valence-corrected chi connectivity index (χ3v) is 6.48. The highest BCUT2D eigenvalue weighted by molar-refractivity contribution is 7.81. The van der Waals surface area contributed by atoms with Crippen LogP contribution in [-0.4, -0.2) is 24.6 Å². The Morgan fingerprint density at radius 3 is 2.59 bits per heavy atom. The lowest BCUT2D eigenvalue weighted by Crippen LogP contribution is -2.11. The van der Waals surface area contributed by atoms with Crippen molar-refractivity contribution in [2.24, 2.45) is 13.0 Å². The number of pyridine rings is 1. The molecule has 0 fully saturated rings. The quantitative estimate of drug-likeness (QED) is 0.303. The molecule has 0 atom stereocenters. The molecule has 3 aromatic carbocycles. The lowest BCUT2D eigenvalue weighted by Gasteiger charge is -2.17. The van der Waals surface area contributed by atoms with Crippen molar-refractivity contribution in [2.75, 3.05) is 6.61 Å². The summed E-state index contributed by atoms with van der Waals surface area (Å²) < 4.78 is 47.5. The van der Waals surface area contributed by atoms with Crippen LogP contribution >= 0.6 is 0 Å². The topological polar surface area (TPSA) is 114 Å². The Kier molecular flexibility index (Phi) is 5.88. The number of fused-ring (bicyclic) bond motifs is 4. The minimum absolute atomic E-state index is 0.192. The largest absolute Gasteiger partial charge is 0.493 e. The molecule has 0 unspecified atom stereocenters. The van der Waals surface area contributed by atoms with E-state index in [1.807, 2.05) is 25.5 Å². The van der Waals surface area contributed by atoms with Gasteiger partial charge in [-0.3, -0.25) is 4.79 Å². The number of aromatic nitrogens is 2. The average molecular weight is 520 g/mol. The van der Waals surface area contributed by atoms with Gasteiger partial charge in [-0.1, -0.05) is 35.9 Å². The average Bonchev–Trinajstić information content (AvgIpc) is 3.23. The molecule has 0 aliphatic heterocycles. The molecule has 5 aromatic rings. The zero-order valence-electron chi connectivity index (χ0n) is 20.2. The third-order valence-electron chi connectivity index (χ3n) is 6.09. The van der Waals surface area contributed by atoms with Gasteiger partial charge in [0, 0.05) is 23.5 Å². The Morgan fingerprint density at radius 1 is 1.11 bits per heavy atom. The van der Waals surface area contributed by atoms with E-state index < -0.39 is 10.5 Å². The molecule has 0 radical (unpaired) electrons. The molecular weight excluding hydrogens is 497 g/mol. The van der Waals surface area contributed by atoms with Crippen molar-refractivity contribution in [1.29, 1.82) is 5.26 Å². The van der Waals surface area contributed by atoms with Gasteiger partial charge in [0.05, 0.1) is 34.5 Å². The van der Waals surface area contributed by atoms with Crippen molar-refractivity contribution >= 4 is 43.3 Å². The zero-order valence-corrected chi connectivity index (χ0v) is 21.0. The van der Waals surface area contributed by atoms with Gasteiger partial charge in [0.15, 0.2) is 5.43 Å². The minimum Gasteiger partial charge on any atom is -0.493 e. The maximum atomic E-state index is 13.7. The first-order chi connectivity index (χ1) is 17.6. The van der Waals surface area contributed by atoms with Crippen LogP contribution in [-0.2, 0) is 17.6 Å². The highest BCUT2D eigenvalue weighted by atomic mass is 32.3. The van der Waals surface area contributed by atoms with Crippen LogP contribution < -0.4 is 14.3 Å². The monoisotopic (exact) mass is 519 g/mol. The number of rotatable bonds is 6. The Morgan fingerprint density at radius 2 is 1.89 bits per heavy atom. The number of hydrogen-bond acceptors (Lipinski definition) is 6. The Balaban J connectivity index is 1.81. The van der Waals surface area contributed by atoms with Crippen molar-refractivity contribution in [3.8, 4) is 28.7 Å². The van der Waals surface area contributed by atoms with Crippen molar-refractivity contribution in [3.63, 3.8) is 0 Å². The standard InChI is InChI=1S/C27H22FN3O5S/c1-15(2)14-35-24-12-21-23(11-20(24)17-5-4-6-18(10-17)36-37(28,33)34)31(3)27-25(26(21)32)19-8-7-16(13-29)9-22(19)30-27/h4-12,15,30H,14H2,1-3H3. The lowest BCUT2D eigenvalue weighted by molar-refractivity contribution is 0.272. The second kappa shape index (κ2) is 8.94. The fourth-order valence-electron chi connectivity index (χ4n) is 4.45. The predicted molar refractivity (Wildman–Crippen MR) is 140 cm³/mol. The molecule has 0 aliphatic rings. The van der Waals surface area contributed by atoms with Crippen molar-refractivity contribution in [1.82, 2.24) is 9.55 Å². The van der Waals surface area contributed by atoms with E-state index in [0.29, 0.717) is 61.9 Å². The van der Waals surface area contributed by atoms with Crippen LogP contribution in [0.25, 0.3) is 44.0 Å². The molecule has 0 saturated heterocycles. The Bertz CT molecular complexity index is 1920. The van der Waals surface area contributed by atoms with Gasteiger partial charge in [0.1, 0.15) is 17.1 Å². The van der Waals surface area contributed by atoms with Crippen LogP contribution in [0.15, 0.2) is 59.4 Å². The molecule has 188 valence electrons. The molecule has 0 bridgehead atoms. The SMILES string of the molecule is CC(C)COc1cc2c(=O)c3c4ccc(C#N)cc4[nH]c3n(C)c2cc1-c1cccc(OS(=O)(=O)F)c1. The van der Waals surface area contributed by atoms with Crippen LogP contribution in [0.5, 0.6) is 11.5 Å². The summed E-state index contributed by atoms with van der Waals surface area (Å²) in [6.07, 6.45) is 0. The summed E-state index contributed by atoms with van der Waals surface area (Å²) in [5.41, 5.74) is 3.23. The van der Waals surface area contributed by atoms with Gasteiger partial charge in [-0.15, -0.1) is 0 Å². The summed E-state index contributed by atoms with van der Waals surface area (Å²) in [5, 5.41) is 10.9. The minimum atomic E-state index is -5.20. The van der Waals surface area contributed by atoms with Crippen LogP contribution in [0.1, 0.15) is 19.4 Å². The van der Waals surface area contributed by atoms with E-state index in [0.717, 1.165) is 0 Å². The summed E-state index contributed by atoms with van der Waals surface area (Å²) in [7, 11) is -3.38.